The van der Waals surface area contributed by atoms with Crippen molar-refractivity contribution in [2.24, 2.45) is 7.05 Å². The zero-order valence-electron chi connectivity index (χ0n) is 10.5. The van der Waals surface area contributed by atoms with Crippen LogP contribution in [0.1, 0.15) is 13.8 Å². The largest absolute Gasteiger partial charge is 0.394 e. The van der Waals surface area contributed by atoms with Crippen molar-refractivity contribution in [1.82, 2.24) is 19.7 Å². The number of fused-ring (bicyclic) bond motifs is 1. The summed E-state index contributed by atoms with van der Waals surface area (Å²) in [5.41, 5.74) is 0.410. The van der Waals surface area contributed by atoms with Gasteiger partial charge in [0.15, 0.2) is 5.65 Å². The Kier molecular flexibility index (Phi) is 2.74. The lowest BCUT2D eigenvalue weighted by atomic mass is 10.1. The van der Waals surface area contributed by atoms with E-state index in [-0.39, 0.29) is 12.1 Å². The third-order valence-corrected chi connectivity index (χ3v) is 3.12. The summed E-state index contributed by atoms with van der Waals surface area (Å²) in [6.07, 6.45) is 3.26. The van der Waals surface area contributed by atoms with Crippen molar-refractivity contribution < 1.29 is 5.11 Å². The van der Waals surface area contributed by atoms with E-state index >= 15 is 0 Å². The van der Waals surface area contributed by atoms with Gasteiger partial charge in [-0.3, -0.25) is 4.68 Å². The molecule has 17 heavy (non-hydrogen) atoms. The lowest BCUT2D eigenvalue weighted by molar-refractivity contribution is 0.216. The van der Waals surface area contributed by atoms with Gasteiger partial charge < -0.3 is 10.0 Å². The molecule has 0 spiro atoms. The molecule has 1 N–H and O–H groups in total. The van der Waals surface area contributed by atoms with Gasteiger partial charge in [-0.25, -0.2) is 9.97 Å². The highest BCUT2D eigenvalue weighted by atomic mass is 16.3. The topological polar surface area (TPSA) is 67.1 Å². The molecule has 6 heteroatoms. The molecule has 0 aliphatic heterocycles. The van der Waals surface area contributed by atoms with Crippen LogP contribution in [0.25, 0.3) is 11.0 Å². The molecular formula is C11H17N5O. The maximum Gasteiger partial charge on any atom is 0.163 e. The average Bonchev–Trinajstić information content (AvgIpc) is 2.70. The van der Waals surface area contributed by atoms with Gasteiger partial charge in [0.1, 0.15) is 12.1 Å². The highest BCUT2D eigenvalue weighted by Gasteiger charge is 2.25. The molecule has 0 aromatic carbocycles. The van der Waals surface area contributed by atoms with Gasteiger partial charge in [-0.15, -0.1) is 0 Å². The van der Waals surface area contributed by atoms with E-state index in [4.69, 9.17) is 0 Å². The number of anilines is 1. The lowest BCUT2D eigenvalue weighted by Crippen LogP contribution is -2.44. The Balaban J connectivity index is 2.56. The highest BCUT2D eigenvalue weighted by Crippen LogP contribution is 2.26. The molecule has 0 amide bonds. The van der Waals surface area contributed by atoms with Gasteiger partial charge >= 0.3 is 0 Å². The number of aliphatic hydroxyl groups is 1. The number of rotatable bonds is 3. The molecule has 0 saturated carbocycles. The van der Waals surface area contributed by atoms with Crippen LogP contribution in [0.4, 0.5) is 5.82 Å². The zero-order chi connectivity index (χ0) is 12.6. The number of hydrogen-bond donors (Lipinski definition) is 1. The molecule has 2 aromatic rings. The molecule has 0 fully saturated rings. The number of aromatic nitrogens is 4. The molecule has 92 valence electrons. The Morgan fingerprint density at radius 1 is 1.41 bits per heavy atom. The number of nitrogens with zero attached hydrogens (tertiary/aromatic N) is 5. The molecule has 0 unspecified atom stereocenters. The molecule has 0 saturated heterocycles. The molecule has 2 aromatic heterocycles. The minimum Gasteiger partial charge on any atom is -0.394 e. The Morgan fingerprint density at radius 2 is 2.12 bits per heavy atom. The molecule has 0 bridgehead atoms. The summed E-state index contributed by atoms with van der Waals surface area (Å²) in [7, 11) is 3.75. The van der Waals surface area contributed by atoms with Crippen LogP contribution in [0, 0.1) is 0 Å². The first-order valence-corrected chi connectivity index (χ1v) is 5.45. The fraction of sp³-hybridized carbons (Fsp3) is 0.545. The minimum absolute atomic E-state index is 0.0509. The summed E-state index contributed by atoms with van der Waals surface area (Å²) in [4.78, 5) is 10.4. The maximum absolute atomic E-state index is 9.40. The Bertz CT molecular complexity index is 534. The first-order chi connectivity index (χ1) is 7.97. The first kappa shape index (κ1) is 11.8. The van der Waals surface area contributed by atoms with Crippen LogP contribution in [-0.4, -0.2) is 44.0 Å². The molecule has 2 rings (SSSR count). The maximum atomic E-state index is 9.40. The minimum atomic E-state index is -0.378. The molecular weight excluding hydrogens is 218 g/mol. The van der Waals surface area contributed by atoms with Crippen LogP contribution in [0.2, 0.25) is 0 Å². The lowest BCUT2D eigenvalue weighted by Gasteiger charge is -2.34. The quantitative estimate of drug-likeness (QED) is 0.842. The van der Waals surface area contributed by atoms with E-state index in [0.29, 0.717) is 0 Å². The van der Waals surface area contributed by atoms with E-state index in [1.165, 1.54) is 6.33 Å². The summed E-state index contributed by atoms with van der Waals surface area (Å²) in [5.74, 6) is 0.780. The van der Waals surface area contributed by atoms with Gasteiger partial charge in [0.2, 0.25) is 0 Å². The summed E-state index contributed by atoms with van der Waals surface area (Å²) >= 11 is 0. The molecule has 0 aliphatic rings. The molecule has 0 atom stereocenters. The van der Waals surface area contributed by atoms with Crippen molar-refractivity contribution in [1.29, 1.82) is 0 Å². The first-order valence-electron chi connectivity index (χ1n) is 5.45. The van der Waals surface area contributed by atoms with E-state index in [1.54, 1.807) is 10.9 Å². The van der Waals surface area contributed by atoms with Crippen molar-refractivity contribution in [3.8, 4) is 0 Å². The molecule has 6 nitrogen and oxygen atoms in total. The second kappa shape index (κ2) is 3.96. The van der Waals surface area contributed by atoms with Crippen molar-refractivity contribution in [3.05, 3.63) is 12.5 Å². The molecule has 0 radical (unpaired) electrons. The smallest absolute Gasteiger partial charge is 0.163 e. The van der Waals surface area contributed by atoms with Crippen LogP contribution in [-0.2, 0) is 7.05 Å². The summed E-state index contributed by atoms with van der Waals surface area (Å²) in [6, 6.07) is 0. The fourth-order valence-electron chi connectivity index (χ4n) is 1.61. The number of aryl methyl sites for hydroxylation is 1. The normalized spacial score (nSPS) is 12.1. The van der Waals surface area contributed by atoms with E-state index < -0.39 is 0 Å². The zero-order valence-corrected chi connectivity index (χ0v) is 10.5. The highest BCUT2D eigenvalue weighted by molar-refractivity contribution is 5.86. The van der Waals surface area contributed by atoms with Gasteiger partial charge in [0.25, 0.3) is 0 Å². The monoisotopic (exact) mass is 235 g/mol. The van der Waals surface area contributed by atoms with Gasteiger partial charge in [-0.1, -0.05) is 0 Å². The number of hydrogen-bond acceptors (Lipinski definition) is 5. The van der Waals surface area contributed by atoms with Crippen molar-refractivity contribution in [2.45, 2.75) is 19.4 Å². The van der Waals surface area contributed by atoms with Gasteiger partial charge in [-0.05, 0) is 13.8 Å². The number of likely N-dealkylation sites (N-methyl/N-ethyl adjacent to an activating group) is 1. The standard InChI is InChI=1S/C11H17N5O/c1-11(2,6-17)15(3)9-8-5-14-16(4)10(8)13-7-12-9/h5,7,17H,6H2,1-4H3. The van der Waals surface area contributed by atoms with E-state index in [1.807, 2.05) is 32.8 Å². The van der Waals surface area contributed by atoms with Crippen molar-refractivity contribution in [2.75, 3.05) is 18.6 Å². The van der Waals surface area contributed by atoms with E-state index in [9.17, 15) is 5.11 Å². The van der Waals surface area contributed by atoms with Crippen molar-refractivity contribution in [3.63, 3.8) is 0 Å². The van der Waals surface area contributed by atoms with Crippen LogP contribution < -0.4 is 4.90 Å². The molecule has 0 aliphatic carbocycles. The predicted octanol–water partition coefficient (Wildman–Crippen LogP) is 0.570. The summed E-state index contributed by atoms with van der Waals surface area (Å²) < 4.78 is 1.71. The summed E-state index contributed by atoms with van der Waals surface area (Å²) in [5, 5.41) is 14.5. The van der Waals surface area contributed by atoms with Gasteiger partial charge in [0, 0.05) is 14.1 Å². The third-order valence-electron chi connectivity index (χ3n) is 3.12. The van der Waals surface area contributed by atoms with Crippen LogP contribution >= 0.6 is 0 Å². The SMILES string of the molecule is CN(c1ncnc2c1cnn2C)C(C)(C)CO. The third kappa shape index (κ3) is 1.84. The van der Waals surface area contributed by atoms with Gasteiger partial charge in [-0.2, -0.15) is 5.10 Å². The van der Waals surface area contributed by atoms with Gasteiger partial charge in [0.05, 0.1) is 23.7 Å². The Morgan fingerprint density at radius 3 is 2.76 bits per heavy atom. The van der Waals surface area contributed by atoms with Crippen LogP contribution in [0.3, 0.4) is 0 Å². The fourth-order valence-corrected chi connectivity index (χ4v) is 1.61. The van der Waals surface area contributed by atoms with E-state index in [2.05, 4.69) is 15.1 Å². The van der Waals surface area contributed by atoms with E-state index in [0.717, 1.165) is 16.9 Å². The van der Waals surface area contributed by atoms with Crippen molar-refractivity contribution >= 4 is 16.9 Å². The molecule has 2 heterocycles. The average molecular weight is 235 g/mol. The second-order valence-corrected chi connectivity index (χ2v) is 4.73. The van der Waals surface area contributed by atoms with Crippen LogP contribution in [0.15, 0.2) is 12.5 Å². The number of aliphatic hydroxyl groups excluding tert-OH is 1. The second-order valence-electron chi connectivity index (χ2n) is 4.73. The summed E-state index contributed by atoms with van der Waals surface area (Å²) in [6.45, 7) is 3.96. The Hall–Kier alpha value is -1.69. The predicted molar refractivity (Wildman–Crippen MR) is 65.9 cm³/mol. The Labute approximate surface area is 99.9 Å². The van der Waals surface area contributed by atoms with Crippen LogP contribution in [0.5, 0.6) is 0 Å².